The number of rotatable bonds is 8. The fraction of sp³-hybridized carbons (Fsp3) is 0.250. The Labute approximate surface area is 224 Å². The third-order valence-corrected chi connectivity index (χ3v) is 7.60. The summed E-state index contributed by atoms with van der Waals surface area (Å²) in [6.07, 6.45) is 2.31. The Morgan fingerprint density at radius 2 is 1.69 bits per heavy atom. The zero-order chi connectivity index (χ0) is 27.3. The number of hydrogen-bond donors (Lipinski definition) is 0. The molecule has 0 radical (unpaired) electrons. The van der Waals surface area contributed by atoms with Gasteiger partial charge in [-0.25, -0.2) is 4.39 Å². The topological polar surface area (TPSA) is 86.2 Å². The standard InChI is InChI=1S/C32H27FN2O4/c1-4-26(36)29-25-15-21(9-12-28(25)38-30(29)20-7-10-23(33)11-8-20)24-16-22(6-5-18(24)2)27(37)17-32(13-14-32)31-34-19(3)35-39-31/h5-12,15-16H,4,13-14,17H2,1-3H3. The van der Waals surface area contributed by atoms with Crippen LogP contribution in [0.15, 0.2) is 69.6 Å². The molecule has 5 aromatic rings. The van der Waals surface area contributed by atoms with Gasteiger partial charge in [0.15, 0.2) is 17.4 Å². The molecule has 7 heteroatoms. The number of carbonyl (C=O) groups excluding carboxylic acids is 2. The lowest BCUT2D eigenvalue weighted by atomic mass is 9.91. The average Bonchev–Trinajstić information content (AvgIpc) is 3.40. The average molecular weight is 523 g/mol. The first kappa shape index (κ1) is 24.9. The molecule has 3 aromatic carbocycles. The first-order chi connectivity index (χ1) is 18.8. The first-order valence-corrected chi connectivity index (χ1v) is 13.1. The van der Waals surface area contributed by atoms with Crippen molar-refractivity contribution in [3.8, 4) is 22.5 Å². The van der Waals surface area contributed by atoms with Crippen molar-refractivity contribution in [2.75, 3.05) is 0 Å². The fourth-order valence-corrected chi connectivity index (χ4v) is 5.17. The van der Waals surface area contributed by atoms with Crippen LogP contribution in [-0.4, -0.2) is 21.7 Å². The molecule has 6 nitrogen and oxygen atoms in total. The molecule has 1 aliphatic rings. The molecule has 6 rings (SSSR count). The van der Waals surface area contributed by atoms with Crippen LogP contribution < -0.4 is 0 Å². The number of Topliss-reactive ketones (excluding diaryl/α,β-unsaturated/α-hetero) is 2. The van der Waals surface area contributed by atoms with E-state index in [-0.39, 0.29) is 22.8 Å². The predicted octanol–water partition coefficient (Wildman–Crippen LogP) is 7.80. The van der Waals surface area contributed by atoms with E-state index < -0.39 is 0 Å². The highest BCUT2D eigenvalue weighted by atomic mass is 19.1. The van der Waals surface area contributed by atoms with E-state index in [0.717, 1.165) is 29.5 Å². The van der Waals surface area contributed by atoms with Gasteiger partial charge < -0.3 is 8.94 Å². The third kappa shape index (κ3) is 4.48. The summed E-state index contributed by atoms with van der Waals surface area (Å²) in [7, 11) is 0. The number of aromatic nitrogens is 2. The second kappa shape index (κ2) is 9.42. The Balaban J connectivity index is 1.38. The highest BCUT2D eigenvalue weighted by Gasteiger charge is 2.50. The molecule has 196 valence electrons. The molecule has 2 aromatic heterocycles. The van der Waals surface area contributed by atoms with Crippen molar-refractivity contribution >= 4 is 22.5 Å². The maximum Gasteiger partial charge on any atom is 0.233 e. The summed E-state index contributed by atoms with van der Waals surface area (Å²) >= 11 is 0. The SMILES string of the molecule is CCC(=O)c1c(-c2ccc(F)cc2)oc2ccc(-c3cc(C(=O)CC4(c5nc(C)no5)CC4)ccc3C)cc12. The van der Waals surface area contributed by atoms with Gasteiger partial charge in [-0.3, -0.25) is 9.59 Å². The van der Waals surface area contributed by atoms with Gasteiger partial charge >= 0.3 is 0 Å². The fourth-order valence-electron chi connectivity index (χ4n) is 5.17. The van der Waals surface area contributed by atoms with Crippen molar-refractivity contribution in [1.82, 2.24) is 10.1 Å². The molecule has 1 aliphatic carbocycles. The van der Waals surface area contributed by atoms with Crippen LogP contribution in [0.25, 0.3) is 33.4 Å². The normalized spacial score (nSPS) is 14.1. The van der Waals surface area contributed by atoms with E-state index in [2.05, 4.69) is 10.1 Å². The summed E-state index contributed by atoms with van der Waals surface area (Å²) in [5.74, 6) is 1.15. The van der Waals surface area contributed by atoms with E-state index in [1.54, 1.807) is 26.0 Å². The van der Waals surface area contributed by atoms with Crippen LogP contribution in [0.3, 0.4) is 0 Å². The van der Waals surface area contributed by atoms with Crippen LogP contribution >= 0.6 is 0 Å². The van der Waals surface area contributed by atoms with E-state index in [4.69, 9.17) is 8.94 Å². The lowest BCUT2D eigenvalue weighted by Crippen LogP contribution is -2.14. The summed E-state index contributed by atoms with van der Waals surface area (Å²) in [4.78, 5) is 30.8. The zero-order valence-electron chi connectivity index (χ0n) is 22.0. The molecule has 0 aliphatic heterocycles. The van der Waals surface area contributed by atoms with E-state index >= 15 is 0 Å². The van der Waals surface area contributed by atoms with Crippen molar-refractivity contribution in [1.29, 1.82) is 0 Å². The number of hydrogen-bond acceptors (Lipinski definition) is 6. The number of ketones is 2. The summed E-state index contributed by atoms with van der Waals surface area (Å²) in [6.45, 7) is 5.58. The van der Waals surface area contributed by atoms with Crippen LogP contribution in [-0.2, 0) is 5.41 Å². The van der Waals surface area contributed by atoms with Crippen molar-refractivity contribution in [3.05, 3.63) is 94.9 Å². The molecule has 0 unspecified atom stereocenters. The van der Waals surface area contributed by atoms with Gasteiger partial charge in [0.25, 0.3) is 0 Å². The number of furan rings is 1. The van der Waals surface area contributed by atoms with E-state index in [1.807, 2.05) is 43.3 Å². The number of carbonyl (C=O) groups is 2. The highest BCUT2D eigenvalue weighted by molar-refractivity contribution is 6.12. The summed E-state index contributed by atoms with van der Waals surface area (Å²) in [5, 5.41) is 4.59. The molecular weight excluding hydrogens is 495 g/mol. The minimum absolute atomic E-state index is 0.0226. The Morgan fingerprint density at radius 1 is 0.949 bits per heavy atom. The molecule has 0 atom stereocenters. The van der Waals surface area contributed by atoms with Gasteiger partial charge in [-0.15, -0.1) is 0 Å². The first-order valence-electron chi connectivity index (χ1n) is 13.1. The minimum Gasteiger partial charge on any atom is -0.455 e. The van der Waals surface area contributed by atoms with Crippen LogP contribution in [0.5, 0.6) is 0 Å². The van der Waals surface area contributed by atoms with Crippen molar-refractivity contribution in [2.45, 2.75) is 51.9 Å². The van der Waals surface area contributed by atoms with Gasteiger partial charge in [0, 0.05) is 29.4 Å². The zero-order valence-corrected chi connectivity index (χ0v) is 22.0. The molecule has 0 spiro atoms. The molecule has 1 fully saturated rings. The van der Waals surface area contributed by atoms with Crippen molar-refractivity contribution < 1.29 is 22.9 Å². The number of benzene rings is 3. The monoisotopic (exact) mass is 522 g/mol. The van der Waals surface area contributed by atoms with E-state index in [1.165, 1.54) is 12.1 Å². The quantitative estimate of drug-likeness (QED) is 0.193. The molecule has 0 N–H and O–H groups in total. The van der Waals surface area contributed by atoms with E-state index in [0.29, 0.717) is 58.0 Å². The van der Waals surface area contributed by atoms with Crippen molar-refractivity contribution in [2.24, 2.45) is 0 Å². The third-order valence-electron chi connectivity index (χ3n) is 7.60. The highest BCUT2D eigenvalue weighted by Crippen LogP contribution is 2.51. The summed E-state index contributed by atoms with van der Waals surface area (Å²) in [6, 6.07) is 17.4. The molecular formula is C32H27FN2O4. The molecule has 0 bridgehead atoms. The summed E-state index contributed by atoms with van der Waals surface area (Å²) < 4.78 is 25.1. The Hall–Kier alpha value is -4.39. The van der Waals surface area contributed by atoms with Gasteiger partial charge in [-0.1, -0.05) is 30.3 Å². The number of aryl methyl sites for hydroxylation is 2. The van der Waals surface area contributed by atoms with Crippen molar-refractivity contribution in [3.63, 3.8) is 0 Å². The van der Waals surface area contributed by atoms with Gasteiger partial charge in [-0.05, 0) is 85.8 Å². The van der Waals surface area contributed by atoms with Gasteiger partial charge in [0.2, 0.25) is 5.89 Å². The van der Waals surface area contributed by atoms with Crippen LogP contribution in [0.2, 0.25) is 0 Å². The maximum atomic E-state index is 13.5. The van der Waals surface area contributed by atoms with Gasteiger partial charge in [-0.2, -0.15) is 4.98 Å². The molecule has 0 amide bonds. The Bertz CT molecular complexity index is 1740. The minimum atomic E-state index is -0.370. The number of fused-ring (bicyclic) bond motifs is 1. The number of nitrogens with zero attached hydrogens (tertiary/aromatic N) is 2. The van der Waals surface area contributed by atoms with Crippen LogP contribution in [0.1, 0.15) is 70.6 Å². The maximum absolute atomic E-state index is 13.5. The second-order valence-corrected chi connectivity index (χ2v) is 10.4. The van der Waals surface area contributed by atoms with Crippen LogP contribution in [0.4, 0.5) is 4.39 Å². The predicted molar refractivity (Wildman–Crippen MR) is 145 cm³/mol. The molecule has 1 saturated carbocycles. The number of halogens is 1. The summed E-state index contributed by atoms with van der Waals surface area (Å²) in [5.41, 5.74) is 4.72. The smallest absolute Gasteiger partial charge is 0.233 e. The van der Waals surface area contributed by atoms with E-state index in [9.17, 15) is 14.0 Å². The lowest BCUT2D eigenvalue weighted by Gasteiger charge is -2.12. The Kier molecular flexibility index (Phi) is 6.02. The van der Waals surface area contributed by atoms with Gasteiger partial charge in [0.1, 0.15) is 17.2 Å². The second-order valence-electron chi connectivity index (χ2n) is 10.4. The molecule has 0 saturated heterocycles. The lowest BCUT2D eigenvalue weighted by molar-refractivity contribution is 0.0961. The Morgan fingerprint density at radius 3 is 2.36 bits per heavy atom. The molecule has 39 heavy (non-hydrogen) atoms. The van der Waals surface area contributed by atoms with Gasteiger partial charge in [0.05, 0.1) is 11.0 Å². The largest absolute Gasteiger partial charge is 0.455 e. The molecule has 2 heterocycles. The van der Waals surface area contributed by atoms with Crippen LogP contribution in [0, 0.1) is 19.7 Å².